The summed E-state index contributed by atoms with van der Waals surface area (Å²) in [6.45, 7) is 0. The Hall–Kier alpha value is 1.20. The van der Waals surface area contributed by atoms with E-state index in [1.165, 1.54) is 0 Å². The third kappa shape index (κ3) is 63.4. The second-order valence-electron chi connectivity index (χ2n) is 0.396. The second-order valence-corrected chi connectivity index (χ2v) is 1.63. The first-order valence-corrected chi connectivity index (χ1v) is 2.61. The molecule has 0 heterocycles. The maximum atomic E-state index is 8.69. The predicted octanol–water partition coefficient (Wildman–Crippen LogP) is -0.916. The van der Waals surface area contributed by atoms with E-state index < -0.39 is 13.0 Å². The van der Waals surface area contributed by atoms with E-state index in [0.29, 0.717) is 0 Å². The van der Waals surface area contributed by atoms with Crippen LogP contribution in [0.15, 0.2) is 0 Å². The molecule has 0 aliphatic heterocycles. The molecule has 6 heteroatoms. The zero-order valence-electron chi connectivity index (χ0n) is 2.40. The Kier molecular flexibility index (Phi) is 5.52. The van der Waals surface area contributed by atoms with Gasteiger partial charge in [0, 0.05) is 39.9 Å². The van der Waals surface area contributed by atoms with Crippen molar-refractivity contribution in [3.05, 3.63) is 0 Å². The van der Waals surface area contributed by atoms with Gasteiger partial charge in [0.2, 0.25) is 0 Å². The molecule has 0 unspecified atom stereocenters. The van der Waals surface area contributed by atoms with Gasteiger partial charge in [-0.05, 0) is 0 Å². The average Bonchev–Trinajstić information content (AvgIpc) is 0.722. The normalized spacial score (nSPS) is 9.50. The Bertz CT molecular complexity index is 129. The minimum atomic E-state index is -5.38. The van der Waals surface area contributed by atoms with Gasteiger partial charge in [0.15, 0.2) is 0 Å². The molecule has 0 atom stereocenters. The van der Waals surface area contributed by atoms with E-state index >= 15 is 0 Å². The van der Waals surface area contributed by atoms with E-state index in [1.807, 2.05) is 0 Å². The Labute approximate surface area is 67.8 Å². The molecule has 0 bridgehead atoms. The van der Waals surface area contributed by atoms with E-state index in [9.17, 15) is 0 Å². The SMILES string of the molecule is [Gd].[O]=[Mn](=[O])(=[O])[OH]. The van der Waals surface area contributed by atoms with Crippen molar-refractivity contribution >= 4 is 0 Å². The van der Waals surface area contributed by atoms with Crippen molar-refractivity contribution in [2.24, 2.45) is 0 Å². The molecule has 0 aromatic rings. The molecule has 0 rings (SSSR count). The monoisotopic (exact) mass is 278 g/mol. The summed E-state index contributed by atoms with van der Waals surface area (Å²) in [4.78, 5) is 0. The third-order valence-electron chi connectivity index (χ3n) is 0. The molecule has 0 saturated carbocycles. The summed E-state index contributed by atoms with van der Waals surface area (Å²) in [6.07, 6.45) is 0. The molecule has 0 aromatic carbocycles. The summed E-state index contributed by atoms with van der Waals surface area (Å²) in [5.41, 5.74) is 0. The van der Waals surface area contributed by atoms with Gasteiger partial charge < -0.3 is 0 Å². The van der Waals surface area contributed by atoms with Gasteiger partial charge in [0.05, 0.1) is 0 Å². The van der Waals surface area contributed by atoms with Crippen molar-refractivity contribution in [2.45, 2.75) is 0 Å². The van der Waals surface area contributed by atoms with Crippen molar-refractivity contribution in [1.29, 1.82) is 0 Å². The van der Waals surface area contributed by atoms with Crippen LogP contribution in [-0.2, 0) is 24.5 Å². The van der Waals surface area contributed by atoms with Crippen LogP contribution < -0.4 is 0 Å². The quantitative estimate of drug-likeness (QED) is 0.582. The van der Waals surface area contributed by atoms with E-state index in [4.69, 9.17) is 15.7 Å². The number of rotatable bonds is 0. The van der Waals surface area contributed by atoms with Crippen LogP contribution in [0.3, 0.4) is 0 Å². The summed E-state index contributed by atoms with van der Waals surface area (Å²) in [7, 11) is 0. The van der Waals surface area contributed by atoms with Gasteiger partial charge in [-0.15, -0.1) is 0 Å². The summed E-state index contributed by atoms with van der Waals surface area (Å²) in [6, 6.07) is 0. The Morgan fingerprint density at radius 1 is 1.17 bits per heavy atom. The Balaban J connectivity index is 0. The van der Waals surface area contributed by atoms with E-state index in [2.05, 4.69) is 0 Å². The van der Waals surface area contributed by atoms with Crippen LogP contribution in [0.4, 0.5) is 0 Å². The molecule has 0 amide bonds. The Morgan fingerprint density at radius 3 is 1.17 bits per heavy atom. The Morgan fingerprint density at radius 2 is 1.17 bits per heavy atom. The van der Waals surface area contributed by atoms with Gasteiger partial charge in [0.1, 0.15) is 0 Å². The molecular formula is HGdMnO4. The van der Waals surface area contributed by atoms with Crippen molar-refractivity contribution < 1.29 is 68.6 Å². The molecule has 0 aliphatic rings. The summed E-state index contributed by atoms with van der Waals surface area (Å²) in [5.74, 6) is 0. The van der Waals surface area contributed by atoms with Gasteiger partial charge in [-0.25, -0.2) is 0 Å². The third-order valence-corrected chi connectivity index (χ3v) is 0. The van der Waals surface area contributed by atoms with Gasteiger partial charge in [-0.2, -0.15) is 0 Å². The molecule has 0 aromatic heterocycles. The summed E-state index contributed by atoms with van der Waals surface area (Å²) in [5, 5.41) is 0. The maximum absolute atomic E-state index is 8.69. The molecule has 0 saturated heterocycles. The zero-order chi connectivity index (χ0) is 4.50. The van der Waals surface area contributed by atoms with Crippen LogP contribution in [-0.4, -0.2) is 4.19 Å². The van der Waals surface area contributed by atoms with Crippen LogP contribution in [0, 0.1) is 39.9 Å². The fraction of sp³-hybridized carbons (Fsp3) is 0. The van der Waals surface area contributed by atoms with Crippen LogP contribution in [0.1, 0.15) is 0 Å². The average molecular weight is 277 g/mol. The topological polar surface area (TPSA) is 71.4 Å². The zero-order valence-corrected chi connectivity index (χ0v) is 5.85. The minimum absolute atomic E-state index is 0. The van der Waals surface area contributed by atoms with Crippen molar-refractivity contribution in [3.8, 4) is 0 Å². The van der Waals surface area contributed by atoms with Crippen LogP contribution in [0.2, 0.25) is 0 Å². The van der Waals surface area contributed by atoms with Gasteiger partial charge in [-0.3, -0.25) is 0 Å². The van der Waals surface area contributed by atoms with Gasteiger partial charge in [-0.1, -0.05) is 0 Å². The van der Waals surface area contributed by atoms with E-state index in [-0.39, 0.29) is 39.9 Å². The van der Waals surface area contributed by atoms with Crippen molar-refractivity contribution in [3.63, 3.8) is 0 Å². The fourth-order valence-electron chi connectivity index (χ4n) is 0. The molecular weight excluding hydrogens is 276 g/mol. The molecule has 40 valence electrons. The first-order chi connectivity index (χ1) is 2.00. The summed E-state index contributed by atoms with van der Waals surface area (Å²) >= 11 is -5.38. The van der Waals surface area contributed by atoms with Gasteiger partial charge in [0.25, 0.3) is 0 Å². The van der Waals surface area contributed by atoms with Crippen LogP contribution in [0.25, 0.3) is 0 Å². The first-order valence-electron chi connectivity index (χ1n) is 0.632. The molecule has 1 N–H and O–H groups in total. The second kappa shape index (κ2) is 3.24. The predicted molar refractivity (Wildman–Crippen MR) is 4.28 cm³/mol. The molecule has 0 spiro atoms. The van der Waals surface area contributed by atoms with Crippen LogP contribution in [0.5, 0.6) is 0 Å². The van der Waals surface area contributed by atoms with Gasteiger partial charge >= 0.3 is 28.7 Å². The van der Waals surface area contributed by atoms with Crippen LogP contribution >= 0.6 is 0 Å². The van der Waals surface area contributed by atoms with E-state index in [0.717, 1.165) is 0 Å². The fourth-order valence-corrected chi connectivity index (χ4v) is 0. The summed E-state index contributed by atoms with van der Waals surface area (Å²) < 4.78 is 33.1. The standard InChI is InChI=1S/Gd.Mn.H2O.3O/h;;1H2;;;/q;+1;;;;/p-1. The van der Waals surface area contributed by atoms with E-state index in [1.54, 1.807) is 0 Å². The molecule has 0 radical (unpaired) electrons. The molecule has 6 heavy (non-hydrogen) atoms. The molecule has 4 nitrogen and oxygen atoms in total. The number of hydrogen-bond acceptors (Lipinski definition) is 3. The van der Waals surface area contributed by atoms with Crippen molar-refractivity contribution in [2.75, 3.05) is 0 Å². The first kappa shape index (κ1) is 10.2. The molecule has 0 fully saturated rings. The van der Waals surface area contributed by atoms with Crippen molar-refractivity contribution in [1.82, 2.24) is 0 Å². The molecule has 0 aliphatic carbocycles. The number of hydrogen-bond donors (Lipinski definition) is 1.